The van der Waals surface area contributed by atoms with Crippen molar-refractivity contribution < 1.29 is 42.2 Å². The molecule has 0 saturated carbocycles. The van der Waals surface area contributed by atoms with Crippen LogP contribution in [0.15, 0.2) is 53.5 Å². The number of rotatable bonds is 15. The van der Waals surface area contributed by atoms with Crippen LogP contribution in [0.25, 0.3) is 0 Å². The van der Waals surface area contributed by atoms with Crippen molar-refractivity contribution in [1.82, 2.24) is 25.0 Å². The largest absolute Gasteiger partial charge is 0.495 e. The summed E-state index contributed by atoms with van der Waals surface area (Å²) < 4.78 is 45.2. The van der Waals surface area contributed by atoms with E-state index in [0.29, 0.717) is 53.3 Å². The third-order valence-corrected chi connectivity index (χ3v) is 12.4. The molecule has 4 amide bonds. The van der Waals surface area contributed by atoms with Crippen LogP contribution in [0.2, 0.25) is 0 Å². The monoisotopic (exact) mass is 877 g/mol. The zero-order chi connectivity index (χ0) is 45.4. The Hall–Kier alpha value is -5.59. The Morgan fingerprint density at radius 1 is 0.937 bits per heavy atom. The summed E-state index contributed by atoms with van der Waals surface area (Å²) in [4.78, 5) is 64.7. The second-order valence-corrected chi connectivity index (χ2v) is 17.2. The Kier molecular flexibility index (Phi) is 15.1. The Morgan fingerprint density at radius 3 is 2.24 bits per heavy atom. The molecule has 0 atom stereocenters. The lowest BCUT2D eigenvalue weighted by atomic mass is 9.71. The van der Waals surface area contributed by atoms with Crippen LogP contribution in [0.3, 0.4) is 0 Å². The molecule has 18 heteroatoms. The quantitative estimate of drug-likeness (QED) is 0.0590. The lowest BCUT2D eigenvalue weighted by Gasteiger charge is -2.47. The van der Waals surface area contributed by atoms with E-state index in [1.165, 1.54) is 33.1 Å². The molecule has 3 fully saturated rings. The number of anilines is 3. The van der Waals surface area contributed by atoms with E-state index in [-0.39, 0.29) is 41.9 Å². The lowest BCUT2D eigenvalue weighted by molar-refractivity contribution is -0.141. The SMILES string of the molecule is COc1ccc(C(=O)N2CCC3(CCN(CCN4CCC(N=Cc5cc(NC(=O)c6cccc(C(F)(F)F)n6)c(C(C)(C)O)cc5N)CC4)CC3)CC2)cc1NC(=O)CCNC=O. The van der Waals surface area contributed by atoms with E-state index in [1.807, 2.05) is 4.90 Å². The molecule has 1 spiro atoms. The Labute approximate surface area is 365 Å². The normalized spacial score (nSPS) is 17.7. The van der Waals surface area contributed by atoms with Gasteiger partial charge >= 0.3 is 6.18 Å². The molecular formula is C45H58F3N9O6. The number of amides is 4. The van der Waals surface area contributed by atoms with Crippen molar-refractivity contribution in [2.75, 3.05) is 82.4 Å². The van der Waals surface area contributed by atoms with Crippen LogP contribution in [0.5, 0.6) is 5.75 Å². The molecule has 3 aromatic rings. The minimum Gasteiger partial charge on any atom is -0.495 e. The third-order valence-electron chi connectivity index (χ3n) is 12.4. The number of likely N-dealkylation sites (tertiary alicyclic amines) is 3. The van der Waals surface area contributed by atoms with Gasteiger partial charge in [0, 0.05) is 86.5 Å². The number of carbonyl (C=O) groups is 4. The van der Waals surface area contributed by atoms with Gasteiger partial charge in [0.25, 0.3) is 11.8 Å². The number of carbonyl (C=O) groups excluding carboxylic acids is 4. The molecule has 3 saturated heterocycles. The molecular weight excluding hydrogens is 820 g/mol. The first-order chi connectivity index (χ1) is 30.0. The molecule has 0 radical (unpaired) electrons. The summed E-state index contributed by atoms with van der Waals surface area (Å²) in [6.07, 6.45) is 3.38. The topological polar surface area (TPSA) is 195 Å². The number of ether oxygens (including phenoxy) is 1. The molecule has 0 unspecified atom stereocenters. The van der Waals surface area contributed by atoms with Crippen molar-refractivity contribution in [2.24, 2.45) is 10.4 Å². The van der Waals surface area contributed by atoms with Gasteiger partial charge in [-0.25, -0.2) is 4.98 Å². The number of pyridine rings is 1. The number of nitrogens with one attached hydrogen (secondary N) is 3. The number of methoxy groups -OCH3 is 1. The Morgan fingerprint density at radius 2 is 1.60 bits per heavy atom. The average molecular weight is 878 g/mol. The van der Waals surface area contributed by atoms with Crippen molar-refractivity contribution in [3.8, 4) is 5.75 Å². The fourth-order valence-electron chi connectivity index (χ4n) is 8.53. The van der Waals surface area contributed by atoms with Gasteiger partial charge in [0.1, 0.15) is 17.1 Å². The molecule has 2 aromatic carbocycles. The number of benzene rings is 2. The summed E-state index contributed by atoms with van der Waals surface area (Å²) in [5.41, 5.74) is 5.78. The third kappa shape index (κ3) is 12.3. The highest BCUT2D eigenvalue weighted by Gasteiger charge is 2.39. The molecule has 6 rings (SSSR count). The molecule has 3 aliphatic rings. The maximum absolute atomic E-state index is 13.5. The number of aliphatic imine (C=N–C) groups is 1. The van der Waals surface area contributed by atoms with Crippen molar-refractivity contribution >= 4 is 47.4 Å². The van der Waals surface area contributed by atoms with Gasteiger partial charge in [0.2, 0.25) is 12.3 Å². The highest BCUT2D eigenvalue weighted by Crippen LogP contribution is 2.42. The predicted octanol–water partition coefficient (Wildman–Crippen LogP) is 5.15. The number of hydrogen-bond donors (Lipinski definition) is 5. The van der Waals surface area contributed by atoms with Gasteiger partial charge in [-0.3, -0.25) is 24.2 Å². The number of aliphatic hydroxyl groups is 1. The smallest absolute Gasteiger partial charge is 0.433 e. The van der Waals surface area contributed by atoms with Crippen LogP contribution in [0.4, 0.5) is 30.2 Å². The number of hydrogen-bond acceptors (Lipinski definition) is 11. The Balaban J connectivity index is 0.945. The maximum atomic E-state index is 13.5. The number of nitrogens with two attached hydrogens (primary N) is 1. The van der Waals surface area contributed by atoms with E-state index in [2.05, 4.69) is 30.7 Å². The van der Waals surface area contributed by atoms with Crippen LogP contribution in [0, 0.1) is 5.41 Å². The van der Waals surface area contributed by atoms with Gasteiger partial charge in [-0.2, -0.15) is 13.2 Å². The van der Waals surface area contributed by atoms with Gasteiger partial charge in [-0.05, 0) is 113 Å². The second kappa shape index (κ2) is 20.3. The molecule has 4 heterocycles. The van der Waals surface area contributed by atoms with Crippen LogP contribution in [0.1, 0.15) is 96.5 Å². The molecule has 3 aliphatic heterocycles. The number of alkyl halides is 3. The zero-order valence-corrected chi connectivity index (χ0v) is 36.1. The maximum Gasteiger partial charge on any atom is 0.433 e. The van der Waals surface area contributed by atoms with E-state index < -0.39 is 29.1 Å². The second-order valence-electron chi connectivity index (χ2n) is 17.2. The van der Waals surface area contributed by atoms with Crippen molar-refractivity contribution in [2.45, 2.75) is 76.6 Å². The summed E-state index contributed by atoms with van der Waals surface area (Å²) in [7, 11) is 1.50. The van der Waals surface area contributed by atoms with Crippen LogP contribution in [-0.4, -0.2) is 127 Å². The Bertz CT molecular complexity index is 2130. The molecule has 340 valence electrons. The number of halogens is 3. The lowest BCUT2D eigenvalue weighted by Crippen LogP contribution is -2.49. The molecule has 15 nitrogen and oxygen atoms in total. The van der Waals surface area contributed by atoms with Gasteiger partial charge in [0.05, 0.1) is 24.4 Å². The van der Waals surface area contributed by atoms with Gasteiger partial charge in [-0.1, -0.05) is 6.07 Å². The van der Waals surface area contributed by atoms with Crippen LogP contribution < -0.4 is 26.4 Å². The first-order valence-corrected chi connectivity index (χ1v) is 21.4. The van der Waals surface area contributed by atoms with E-state index >= 15 is 0 Å². The van der Waals surface area contributed by atoms with E-state index in [4.69, 9.17) is 15.5 Å². The van der Waals surface area contributed by atoms with Crippen molar-refractivity contribution in [1.29, 1.82) is 0 Å². The highest BCUT2D eigenvalue weighted by molar-refractivity contribution is 6.04. The van der Waals surface area contributed by atoms with Gasteiger partial charge in [-0.15, -0.1) is 0 Å². The molecule has 63 heavy (non-hydrogen) atoms. The number of piperidine rings is 3. The average Bonchev–Trinajstić information content (AvgIpc) is 3.26. The summed E-state index contributed by atoms with van der Waals surface area (Å²) in [6, 6.07) is 11.3. The van der Waals surface area contributed by atoms with E-state index in [0.717, 1.165) is 89.9 Å². The first-order valence-electron chi connectivity index (χ1n) is 21.4. The number of aromatic nitrogens is 1. The van der Waals surface area contributed by atoms with Crippen LogP contribution in [-0.2, 0) is 21.4 Å². The summed E-state index contributed by atoms with van der Waals surface area (Å²) in [6.45, 7) is 10.4. The molecule has 0 aliphatic carbocycles. The minimum atomic E-state index is -4.71. The summed E-state index contributed by atoms with van der Waals surface area (Å²) in [5.74, 6) is -0.783. The number of nitrogens with zero attached hydrogens (tertiary/aromatic N) is 5. The molecule has 0 bridgehead atoms. The van der Waals surface area contributed by atoms with E-state index in [1.54, 1.807) is 30.5 Å². The summed E-state index contributed by atoms with van der Waals surface area (Å²) >= 11 is 0. The fourth-order valence-corrected chi connectivity index (χ4v) is 8.53. The predicted molar refractivity (Wildman–Crippen MR) is 234 cm³/mol. The number of nitrogen functional groups attached to an aromatic ring is 1. The summed E-state index contributed by atoms with van der Waals surface area (Å²) in [5, 5.41) is 18.7. The van der Waals surface area contributed by atoms with E-state index in [9.17, 15) is 37.5 Å². The molecule has 6 N–H and O–H groups in total. The van der Waals surface area contributed by atoms with Crippen molar-refractivity contribution in [3.05, 3.63) is 76.6 Å². The minimum absolute atomic E-state index is 0.0601. The van der Waals surface area contributed by atoms with Crippen LogP contribution >= 0.6 is 0 Å². The van der Waals surface area contributed by atoms with Crippen molar-refractivity contribution in [3.63, 3.8) is 0 Å². The molecule has 1 aromatic heterocycles. The highest BCUT2D eigenvalue weighted by atomic mass is 19.4. The van der Waals surface area contributed by atoms with Gasteiger partial charge < -0.3 is 46.2 Å². The van der Waals surface area contributed by atoms with Gasteiger partial charge in [0.15, 0.2) is 0 Å². The first kappa shape index (κ1) is 46.9. The standard InChI is InChI=1S/C45H58F3N9O6/c1-43(2,62)33-27-34(49)31(26-36(33)54-41(60)35-5-4-6-39(52-35)45(46,47)48)28-51-32-10-17-55(18-11-32)23-24-56-19-12-44(13-20-56)14-21-57(22-15-44)42(61)30-7-8-38(63-3)37(25-30)53-40(59)9-16-50-29-58/h4-8,25-29,32,62H,9-24,49H2,1-3H3,(H,50,58)(H,53,59)(H,54,60). The fraction of sp³-hybridized carbons (Fsp3) is 0.511. The zero-order valence-electron chi connectivity index (χ0n) is 36.1.